The highest BCUT2D eigenvalue weighted by Gasteiger charge is 2.39. The largest absolute Gasteiger partial charge is 0.310 e. The van der Waals surface area contributed by atoms with Crippen molar-refractivity contribution >= 4 is 38.9 Å². The Morgan fingerprint density at radius 1 is 0.379 bits per heavy atom. The molecular weight excluding hydrogens is 797 g/mol. The first-order valence-electron chi connectivity index (χ1n) is 23.0. The molecule has 0 fully saturated rings. The quantitative estimate of drug-likeness (QED) is 0.131. The minimum atomic E-state index is -0.497. The maximum Gasteiger partial charge on any atom is 0.0701 e. The molecule has 12 rings (SSSR count). The number of para-hydroxylation sites is 2. The third-order valence-corrected chi connectivity index (χ3v) is 14.2. The standard InChI is InChI=1S/C64H48N2/c1-63(2)57-30-17-15-29-56(57)62-58(63)31-19-33-60(62)65(53-42-43-55-54-28-16-18-32-59(54)66(61(55)44-53)51-26-13-6-14-27-51)52-40-36-46(37-41-52)45-34-38-50(39-35-45)64(47-20-7-3-8-21-47,48-22-9-4-10-23-48)49-24-11-5-12-25-49/h3-44H,1-2H3. The molecule has 11 aromatic rings. The highest BCUT2D eigenvalue weighted by Crippen LogP contribution is 2.54. The molecule has 0 aliphatic heterocycles. The zero-order chi connectivity index (χ0) is 44.2. The van der Waals surface area contributed by atoms with E-state index in [1.54, 1.807) is 0 Å². The van der Waals surface area contributed by atoms with E-state index in [2.05, 4.69) is 278 Å². The molecule has 0 unspecified atom stereocenters. The van der Waals surface area contributed by atoms with Crippen LogP contribution in [-0.4, -0.2) is 4.57 Å². The van der Waals surface area contributed by atoms with Gasteiger partial charge in [0.1, 0.15) is 0 Å². The van der Waals surface area contributed by atoms with Crippen molar-refractivity contribution < 1.29 is 0 Å². The van der Waals surface area contributed by atoms with Crippen molar-refractivity contribution in [2.45, 2.75) is 24.7 Å². The first kappa shape index (κ1) is 39.4. The van der Waals surface area contributed by atoms with Crippen LogP contribution in [0.4, 0.5) is 17.1 Å². The molecular formula is C64H48N2. The summed E-state index contributed by atoms with van der Waals surface area (Å²) in [5.74, 6) is 0. The van der Waals surface area contributed by atoms with Gasteiger partial charge in [-0.15, -0.1) is 0 Å². The number of nitrogens with zero attached hydrogens (tertiary/aromatic N) is 2. The average molecular weight is 845 g/mol. The fraction of sp³-hybridized carbons (Fsp3) is 0.0625. The highest BCUT2D eigenvalue weighted by atomic mass is 15.1. The number of fused-ring (bicyclic) bond motifs is 6. The van der Waals surface area contributed by atoms with E-state index in [0.29, 0.717) is 0 Å². The zero-order valence-corrected chi connectivity index (χ0v) is 37.1. The van der Waals surface area contributed by atoms with Gasteiger partial charge in [-0.25, -0.2) is 0 Å². The van der Waals surface area contributed by atoms with E-state index >= 15 is 0 Å². The van der Waals surface area contributed by atoms with Crippen LogP contribution in [0.25, 0.3) is 49.7 Å². The lowest BCUT2D eigenvalue weighted by Crippen LogP contribution is -2.30. The van der Waals surface area contributed by atoms with E-state index in [0.717, 1.165) is 17.1 Å². The number of rotatable bonds is 9. The second kappa shape index (κ2) is 15.8. The lowest BCUT2D eigenvalue weighted by molar-refractivity contribution is 0.660. The van der Waals surface area contributed by atoms with Gasteiger partial charge in [-0.2, -0.15) is 0 Å². The molecule has 1 aromatic heterocycles. The van der Waals surface area contributed by atoms with Crippen LogP contribution in [0.5, 0.6) is 0 Å². The highest BCUT2D eigenvalue weighted by molar-refractivity contribution is 6.10. The van der Waals surface area contributed by atoms with Gasteiger partial charge in [-0.1, -0.05) is 220 Å². The molecule has 2 heteroatoms. The van der Waals surface area contributed by atoms with Crippen molar-refractivity contribution in [2.24, 2.45) is 0 Å². The van der Waals surface area contributed by atoms with Gasteiger partial charge in [0.25, 0.3) is 0 Å². The fourth-order valence-corrected chi connectivity index (χ4v) is 11.1. The predicted molar refractivity (Wildman–Crippen MR) is 277 cm³/mol. The maximum atomic E-state index is 2.48. The Balaban J connectivity index is 1.01. The number of anilines is 3. The minimum absolute atomic E-state index is 0.133. The molecule has 2 nitrogen and oxygen atoms in total. The van der Waals surface area contributed by atoms with E-state index in [1.807, 2.05) is 0 Å². The SMILES string of the molecule is CC1(C)c2ccccc2-c2c(N(c3ccc(-c4ccc(C(c5ccccc5)(c5ccccc5)c5ccccc5)cc4)cc3)c3ccc4c5ccccc5n(-c5ccccc5)c4c3)cccc21. The summed E-state index contributed by atoms with van der Waals surface area (Å²) in [6, 6.07) is 93.6. The number of benzene rings is 10. The summed E-state index contributed by atoms with van der Waals surface area (Å²) in [6.45, 7) is 4.72. The van der Waals surface area contributed by atoms with Gasteiger partial charge >= 0.3 is 0 Å². The Kier molecular flexibility index (Phi) is 9.43. The summed E-state index contributed by atoms with van der Waals surface area (Å²) in [5.41, 5.74) is 18.8. The van der Waals surface area contributed by atoms with Crippen LogP contribution in [0.2, 0.25) is 0 Å². The monoisotopic (exact) mass is 844 g/mol. The summed E-state index contributed by atoms with van der Waals surface area (Å²) in [7, 11) is 0. The average Bonchev–Trinajstić information content (AvgIpc) is 3.84. The van der Waals surface area contributed by atoms with Gasteiger partial charge in [0.05, 0.1) is 22.1 Å². The molecule has 66 heavy (non-hydrogen) atoms. The third-order valence-electron chi connectivity index (χ3n) is 14.2. The molecule has 0 bridgehead atoms. The Bertz CT molecular complexity index is 3420. The Hall–Kier alpha value is -8.20. The van der Waals surface area contributed by atoms with E-state index in [-0.39, 0.29) is 5.41 Å². The second-order valence-electron chi connectivity index (χ2n) is 18.1. The Morgan fingerprint density at radius 3 is 1.50 bits per heavy atom. The zero-order valence-electron chi connectivity index (χ0n) is 37.1. The van der Waals surface area contributed by atoms with Crippen molar-refractivity contribution in [3.8, 4) is 27.9 Å². The normalized spacial score (nSPS) is 12.8. The van der Waals surface area contributed by atoms with E-state index in [4.69, 9.17) is 0 Å². The van der Waals surface area contributed by atoms with Crippen LogP contribution in [0.3, 0.4) is 0 Å². The topological polar surface area (TPSA) is 8.17 Å². The first-order valence-corrected chi connectivity index (χ1v) is 23.0. The van der Waals surface area contributed by atoms with Crippen molar-refractivity contribution in [1.82, 2.24) is 4.57 Å². The molecule has 1 heterocycles. The Morgan fingerprint density at radius 2 is 0.864 bits per heavy atom. The van der Waals surface area contributed by atoms with Gasteiger partial charge in [0.15, 0.2) is 0 Å². The van der Waals surface area contributed by atoms with Crippen LogP contribution in [0, 0.1) is 0 Å². The van der Waals surface area contributed by atoms with Crippen molar-refractivity contribution in [2.75, 3.05) is 4.90 Å². The smallest absolute Gasteiger partial charge is 0.0701 e. The van der Waals surface area contributed by atoms with Crippen molar-refractivity contribution in [3.05, 3.63) is 288 Å². The molecule has 0 amide bonds. The maximum absolute atomic E-state index is 2.48. The number of aromatic nitrogens is 1. The van der Waals surface area contributed by atoms with Crippen LogP contribution in [-0.2, 0) is 10.8 Å². The third kappa shape index (κ3) is 6.17. The van der Waals surface area contributed by atoms with Gasteiger partial charge in [0, 0.05) is 38.8 Å². The fourth-order valence-electron chi connectivity index (χ4n) is 11.1. The predicted octanol–water partition coefficient (Wildman–Crippen LogP) is 16.6. The van der Waals surface area contributed by atoms with Crippen LogP contribution >= 0.6 is 0 Å². The van der Waals surface area contributed by atoms with E-state index < -0.39 is 5.41 Å². The molecule has 0 saturated heterocycles. The van der Waals surface area contributed by atoms with Gasteiger partial charge in [0.2, 0.25) is 0 Å². The molecule has 1 aliphatic carbocycles. The molecule has 314 valence electrons. The van der Waals surface area contributed by atoms with Crippen molar-refractivity contribution in [3.63, 3.8) is 0 Å². The summed E-state index contributed by atoms with van der Waals surface area (Å²) < 4.78 is 2.41. The number of hydrogen-bond donors (Lipinski definition) is 0. The van der Waals surface area contributed by atoms with Gasteiger partial charge < -0.3 is 9.47 Å². The van der Waals surface area contributed by atoms with Crippen molar-refractivity contribution in [1.29, 1.82) is 0 Å². The van der Waals surface area contributed by atoms with E-state index in [1.165, 1.54) is 83.1 Å². The molecule has 10 aromatic carbocycles. The summed E-state index contributed by atoms with van der Waals surface area (Å²) in [5, 5.41) is 2.48. The molecule has 0 spiro atoms. The van der Waals surface area contributed by atoms with Crippen LogP contribution in [0.15, 0.2) is 255 Å². The molecule has 0 radical (unpaired) electrons. The van der Waals surface area contributed by atoms with Crippen LogP contribution in [0.1, 0.15) is 47.2 Å². The van der Waals surface area contributed by atoms with E-state index in [9.17, 15) is 0 Å². The lowest BCUT2D eigenvalue weighted by Gasteiger charge is -2.37. The summed E-state index contributed by atoms with van der Waals surface area (Å²) >= 11 is 0. The first-order chi connectivity index (χ1) is 32.5. The van der Waals surface area contributed by atoms with Gasteiger partial charge in [-0.3, -0.25) is 0 Å². The molecule has 0 saturated carbocycles. The molecule has 0 atom stereocenters. The molecule has 1 aliphatic rings. The summed E-state index contributed by atoms with van der Waals surface area (Å²) in [6.07, 6.45) is 0. The Labute approximate surface area is 387 Å². The van der Waals surface area contributed by atoms with Crippen LogP contribution < -0.4 is 4.90 Å². The second-order valence-corrected chi connectivity index (χ2v) is 18.1. The number of hydrogen-bond acceptors (Lipinski definition) is 1. The molecule has 0 N–H and O–H groups in total. The summed E-state index contributed by atoms with van der Waals surface area (Å²) in [4.78, 5) is 2.48. The minimum Gasteiger partial charge on any atom is -0.310 e. The lowest BCUT2D eigenvalue weighted by atomic mass is 9.65. The van der Waals surface area contributed by atoms with Gasteiger partial charge in [-0.05, 0) is 98.6 Å².